The number of fused-ring (bicyclic) bond motifs is 6. The topological polar surface area (TPSA) is 57.4 Å². The van der Waals surface area contributed by atoms with Crippen molar-refractivity contribution < 1.29 is 0 Å². The second-order valence-electron chi connectivity index (χ2n) is 14.6. The fourth-order valence-corrected chi connectivity index (χ4v) is 8.33. The van der Waals surface area contributed by atoms with Gasteiger partial charge < -0.3 is 9.13 Å². The number of aromatic nitrogens is 2. The van der Waals surface area contributed by atoms with E-state index in [0.717, 1.165) is 88.4 Å². The number of aryl methyl sites for hydroxylation is 2. The summed E-state index contributed by atoms with van der Waals surface area (Å²) in [5.41, 5.74) is 15.6. The smallest absolute Gasteiger partial charge is 0.104 e. The Morgan fingerprint density at radius 2 is 0.804 bits per heavy atom. The predicted octanol–water partition coefficient (Wildman–Crippen LogP) is 13.2. The van der Waals surface area contributed by atoms with Gasteiger partial charge in [0.2, 0.25) is 0 Å². The third-order valence-electron chi connectivity index (χ3n) is 11.1. The summed E-state index contributed by atoms with van der Waals surface area (Å²) in [5.74, 6) is 0. The van der Waals surface area contributed by atoms with Gasteiger partial charge in [-0.1, -0.05) is 120 Å². The van der Waals surface area contributed by atoms with Gasteiger partial charge in [0.1, 0.15) is 11.6 Å². The molecule has 0 saturated carbocycles. The van der Waals surface area contributed by atoms with Crippen LogP contribution in [0.2, 0.25) is 0 Å². The first-order valence-corrected chi connectivity index (χ1v) is 18.8. The van der Waals surface area contributed by atoms with E-state index in [1.165, 1.54) is 11.1 Å². The van der Waals surface area contributed by atoms with E-state index in [9.17, 15) is 10.5 Å². The van der Waals surface area contributed by atoms with Crippen LogP contribution in [0.3, 0.4) is 0 Å². The molecule has 0 radical (unpaired) electrons. The van der Waals surface area contributed by atoms with E-state index in [0.29, 0.717) is 11.1 Å². The van der Waals surface area contributed by atoms with Crippen molar-refractivity contribution in [1.29, 1.82) is 10.5 Å². The molecule has 0 fully saturated rings. The summed E-state index contributed by atoms with van der Waals surface area (Å²) in [6.45, 7) is 4.21. The largest absolute Gasteiger partial charge is 0.308 e. The van der Waals surface area contributed by atoms with Crippen LogP contribution in [0, 0.1) is 36.5 Å². The van der Waals surface area contributed by atoms with Crippen LogP contribution in [-0.4, -0.2) is 9.13 Å². The summed E-state index contributed by atoms with van der Waals surface area (Å²) >= 11 is 0. The number of hydrogen-bond acceptors (Lipinski definition) is 2. The summed E-state index contributed by atoms with van der Waals surface area (Å²) in [7, 11) is 0. The number of benzene rings is 8. The number of nitriles is 2. The molecule has 4 nitrogen and oxygen atoms in total. The van der Waals surface area contributed by atoms with Crippen LogP contribution >= 0.6 is 0 Å². The summed E-state index contributed by atoms with van der Waals surface area (Å²) in [6.07, 6.45) is 0. The highest BCUT2D eigenvalue weighted by Gasteiger charge is 2.23. The van der Waals surface area contributed by atoms with Crippen molar-refractivity contribution >= 4 is 43.6 Å². The van der Waals surface area contributed by atoms with Gasteiger partial charge in [-0.05, 0) is 108 Å². The molecule has 2 heterocycles. The molecule has 2 aromatic heterocycles. The molecule has 8 aromatic carbocycles. The van der Waals surface area contributed by atoms with Crippen LogP contribution in [0.25, 0.3) is 88.4 Å². The fraction of sp³-hybridized carbons (Fsp3) is 0.0385. The Bertz CT molecular complexity index is 3090. The Kier molecular flexibility index (Phi) is 7.66. The first-order valence-electron chi connectivity index (χ1n) is 18.8. The molecule has 56 heavy (non-hydrogen) atoms. The average Bonchev–Trinajstić information content (AvgIpc) is 3.76. The number of hydrogen-bond donors (Lipinski definition) is 0. The zero-order chi connectivity index (χ0) is 37.9. The van der Waals surface area contributed by atoms with Crippen LogP contribution < -0.4 is 0 Å². The van der Waals surface area contributed by atoms with Crippen molar-refractivity contribution in [2.45, 2.75) is 13.8 Å². The lowest BCUT2D eigenvalue weighted by molar-refractivity contribution is 1.12. The molecule has 0 aliphatic heterocycles. The lowest BCUT2D eigenvalue weighted by Crippen LogP contribution is -2.05. The van der Waals surface area contributed by atoms with Crippen molar-refractivity contribution in [3.05, 3.63) is 192 Å². The lowest BCUT2D eigenvalue weighted by Gasteiger charge is -2.18. The highest BCUT2D eigenvalue weighted by atomic mass is 15.0. The number of para-hydroxylation sites is 2. The summed E-state index contributed by atoms with van der Waals surface area (Å²) in [4.78, 5) is 0. The van der Waals surface area contributed by atoms with Gasteiger partial charge in [-0.25, -0.2) is 0 Å². The first-order chi connectivity index (χ1) is 27.5. The van der Waals surface area contributed by atoms with Crippen molar-refractivity contribution in [3.8, 4) is 56.9 Å². The minimum absolute atomic E-state index is 0.556. The molecule has 0 N–H and O–H groups in total. The van der Waals surface area contributed by atoms with E-state index in [2.05, 4.69) is 181 Å². The van der Waals surface area contributed by atoms with Gasteiger partial charge in [-0.3, -0.25) is 0 Å². The maximum atomic E-state index is 11.3. The summed E-state index contributed by atoms with van der Waals surface area (Å²) < 4.78 is 4.49. The molecule has 0 aliphatic carbocycles. The molecule has 0 atom stereocenters. The molecule has 10 rings (SSSR count). The van der Waals surface area contributed by atoms with Crippen LogP contribution in [-0.2, 0) is 0 Å². The Hall–Kier alpha value is -7.66. The molecular formula is C52H34N4. The third kappa shape index (κ3) is 5.28. The van der Waals surface area contributed by atoms with Gasteiger partial charge in [0.15, 0.2) is 0 Å². The Morgan fingerprint density at radius 1 is 0.357 bits per heavy atom. The van der Waals surface area contributed by atoms with Crippen molar-refractivity contribution in [1.82, 2.24) is 9.13 Å². The van der Waals surface area contributed by atoms with Gasteiger partial charge in [-0.2, -0.15) is 10.5 Å². The predicted molar refractivity (Wildman–Crippen MR) is 230 cm³/mol. The molecule has 0 bridgehead atoms. The zero-order valence-corrected chi connectivity index (χ0v) is 31.0. The van der Waals surface area contributed by atoms with Crippen LogP contribution in [0.15, 0.2) is 170 Å². The van der Waals surface area contributed by atoms with Crippen LogP contribution in [0.4, 0.5) is 0 Å². The normalized spacial score (nSPS) is 11.4. The number of nitrogens with zero attached hydrogens (tertiary/aromatic N) is 4. The van der Waals surface area contributed by atoms with Gasteiger partial charge in [-0.15, -0.1) is 0 Å². The fourth-order valence-electron chi connectivity index (χ4n) is 8.33. The van der Waals surface area contributed by atoms with Crippen LogP contribution in [0.1, 0.15) is 22.3 Å². The van der Waals surface area contributed by atoms with E-state index < -0.39 is 0 Å². The highest BCUT2D eigenvalue weighted by molar-refractivity contribution is 6.12. The molecule has 0 amide bonds. The van der Waals surface area contributed by atoms with Gasteiger partial charge >= 0.3 is 0 Å². The molecule has 262 valence electrons. The lowest BCUT2D eigenvalue weighted by atomic mass is 9.98. The van der Waals surface area contributed by atoms with Gasteiger partial charge in [0.05, 0.1) is 45.1 Å². The standard InChI is InChI=1S/C52H34N4/c1-33-14-18-36(19-15-33)39-22-24-49-44(27-39)42-10-3-5-12-47(42)55(49)51-29-41(38-9-7-8-35(26-38)31-53)30-52(46(51)32-54)56-48-13-6-4-11-43(48)45-28-40(23-25-50(45)56)37-20-16-34(2)17-21-37/h3-30H,1-2H3. The molecule has 0 spiro atoms. The molecule has 0 saturated heterocycles. The molecule has 0 aliphatic rings. The Morgan fingerprint density at radius 3 is 1.29 bits per heavy atom. The summed E-state index contributed by atoms with van der Waals surface area (Å²) in [5, 5.41) is 25.7. The van der Waals surface area contributed by atoms with Crippen LogP contribution in [0.5, 0.6) is 0 Å². The molecule has 4 heteroatoms. The third-order valence-corrected chi connectivity index (χ3v) is 11.1. The van der Waals surface area contributed by atoms with Crippen molar-refractivity contribution in [2.24, 2.45) is 0 Å². The summed E-state index contributed by atoms with van der Waals surface area (Å²) in [6, 6.07) is 64.3. The minimum atomic E-state index is 0.556. The second kappa shape index (κ2) is 13.0. The van der Waals surface area contributed by atoms with E-state index in [-0.39, 0.29) is 0 Å². The van der Waals surface area contributed by atoms with E-state index in [1.807, 2.05) is 24.3 Å². The second-order valence-corrected chi connectivity index (χ2v) is 14.6. The Balaban J connectivity index is 1.29. The highest BCUT2D eigenvalue weighted by Crippen LogP contribution is 2.42. The van der Waals surface area contributed by atoms with E-state index >= 15 is 0 Å². The molecule has 0 unspecified atom stereocenters. The minimum Gasteiger partial charge on any atom is -0.308 e. The quantitative estimate of drug-likeness (QED) is 0.178. The van der Waals surface area contributed by atoms with E-state index in [1.54, 1.807) is 0 Å². The maximum absolute atomic E-state index is 11.3. The maximum Gasteiger partial charge on any atom is 0.104 e. The van der Waals surface area contributed by atoms with Crippen molar-refractivity contribution in [2.75, 3.05) is 0 Å². The Labute approximate surface area is 325 Å². The SMILES string of the molecule is Cc1ccc(-c2ccc3c(c2)c2ccccc2n3-c2cc(-c3cccc(C#N)c3)cc(-n3c4ccccc4c4cc(-c5ccc(C)cc5)ccc43)c2C#N)cc1. The first kappa shape index (κ1) is 32.9. The average molecular weight is 715 g/mol. The van der Waals surface area contributed by atoms with E-state index in [4.69, 9.17) is 0 Å². The van der Waals surface area contributed by atoms with Crippen molar-refractivity contribution in [3.63, 3.8) is 0 Å². The molecular weight excluding hydrogens is 681 g/mol. The molecule has 10 aromatic rings. The van der Waals surface area contributed by atoms with Gasteiger partial charge in [0, 0.05) is 21.5 Å². The number of rotatable bonds is 5. The zero-order valence-electron chi connectivity index (χ0n) is 31.0. The monoisotopic (exact) mass is 714 g/mol. The van der Waals surface area contributed by atoms with Gasteiger partial charge in [0.25, 0.3) is 0 Å².